The van der Waals surface area contributed by atoms with Gasteiger partial charge < -0.3 is 19.8 Å². The third kappa shape index (κ3) is 3.43. The minimum absolute atomic E-state index is 0.0477. The molecule has 1 aromatic heterocycles. The predicted molar refractivity (Wildman–Crippen MR) is 90.9 cm³/mol. The maximum Gasteiger partial charge on any atom is 0.336 e. The van der Waals surface area contributed by atoms with Crippen molar-refractivity contribution in [1.29, 1.82) is 0 Å². The molecule has 0 radical (unpaired) electrons. The highest BCUT2D eigenvalue weighted by molar-refractivity contribution is 5.79. The number of hydrogen-bond acceptors (Lipinski definition) is 5. The molecule has 1 fully saturated rings. The Balaban J connectivity index is 1.65. The van der Waals surface area contributed by atoms with E-state index in [1.165, 1.54) is 6.07 Å². The second kappa shape index (κ2) is 6.28. The molecule has 1 aliphatic heterocycles. The average Bonchev–Trinajstić information content (AvgIpc) is 2.54. The molecule has 0 spiro atoms. The fourth-order valence-electron chi connectivity index (χ4n) is 2.95. The van der Waals surface area contributed by atoms with Gasteiger partial charge in [0.1, 0.15) is 11.3 Å². The highest BCUT2D eigenvalue weighted by Crippen LogP contribution is 2.27. The van der Waals surface area contributed by atoms with Crippen LogP contribution in [-0.4, -0.2) is 36.5 Å². The topological polar surface area (TPSA) is 85.8 Å². The summed E-state index contributed by atoms with van der Waals surface area (Å²) in [4.78, 5) is 25.4. The first-order chi connectivity index (χ1) is 11.3. The van der Waals surface area contributed by atoms with Gasteiger partial charge in [-0.2, -0.15) is 0 Å². The number of rotatable bonds is 3. The Labute approximate surface area is 140 Å². The van der Waals surface area contributed by atoms with Gasteiger partial charge in [0.25, 0.3) is 5.91 Å². The van der Waals surface area contributed by atoms with Gasteiger partial charge in [-0.25, -0.2) is 4.79 Å². The van der Waals surface area contributed by atoms with Gasteiger partial charge in [0.15, 0.2) is 6.61 Å². The fourth-order valence-corrected chi connectivity index (χ4v) is 2.95. The minimum atomic E-state index is -0.414. The molecule has 128 valence electrons. The smallest absolute Gasteiger partial charge is 0.336 e. The van der Waals surface area contributed by atoms with E-state index in [1.807, 2.05) is 0 Å². The number of ether oxygens (including phenoxy) is 1. The molecule has 6 nitrogen and oxygen atoms in total. The van der Waals surface area contributed by atoms with Gasteiger partial charge in [-0.05, 0) is 30.0 Å². The highest BCUT2D eigenvalue weighted by atomic mass is 16.5. The number of hydrogen-bond donors (Lipinski definition) is 1. The van der Waals surface area contributed by atoms with Gasteiger partial charge in [-0.3, -0.25) is 4.79 Å². The van der Waals surface area contributed by atoms with E-state index in [0.717, 1.165) is 11.8 Å². The number of nitrogens with two attached hydrogens (primary N) is 1. The van der Waals surface area contributed by atoms with Crippen molar-refractivity contribution >= 4 is 16.9 Å². The Morgan fingerprint density at radius 1 is 1.38 bits per heavy atom. The van der Waals surface area contributed by atoms with E-state index in [0.29, 0.717) is 24.4 Å². The van der Waals surface area contributed by atoms with Crippen molar-refractivity contribution < 1.29 is 13.9 Å². The second-order valence-corrected chi connectivity index (χ2v) is 6.94. The number of piperidine rings is 1. The van der Waals surface area contributed by atoms with Crippen LogP contribution in [-0.2, 0) is 4.79 Å². The lowest BCUT2D eigenvalue weighted by Crippen LogP contribution is -2.54. The second-order valence-electron chi connectivity index (χ2n) is 6.94. The minimum Gasteiger partial charge on any atom is -0.484 e. The summed E-state index contributed by atoms with van der Waals surface area (Å²) < 4.78 is 10.7. The van der Waals surface area contributed by atoms with Crippen LogP contribution in [0.4, 0.5) is 0 Å². The molecule has 3 rings (SSSR count). The van der Waals surface area contributed by atoms with Crippen LogP contribution in [0, 0.1) is 5.41 Å². The number of amides is 1. The van der Waals surface area contributed by atoms with Gasteiger partial charge in [0, 0.05) is 36.7 Å². The van der Waals surface area contributed by atoms with Gasteiger partial charge in [0.05, 0.1) is 0 Å². The van der Waals surface area contributed by atoms with E-state index in [-0.39, 0.29) is 24.0 Å². The molecule has 2 aromatic rings. The van der Waals surface area contributed by atoms with Crippen LogP contribution < -0.4 is 16.1 Å². The summed E-state index contributed by atoms with van der Waals surface area (Å²) in [5.74, 6) is 0.433. The van der Waals surface area contributed by atoms with Crippen LogP contribution in [0.15, 0.2) is 39.5 Å². The fraction of sp³-hybridized carbons (Fsp3) is 0.444. The molecule has 1 aliphatic rings. The van der Waals surface area contributed by atoms with Gasteiger partial charge in [-0.1, -0.05) is 13.8 Å². The van der Waals surface area contributed by atoms with E-state index in [2.05, 4.69) is 13.8 Å². The lowest BCUT2D eigenvalue weighted by atomic mass is 9.80. The SMILES string of the molecule is CC1(C)CN(C(=O)COc2ccc3ccc(=O)oc3c2)CCC1N. The van der Waals surface area contributed by atoms with Gasteiger partial charge in [-0.15, -0.1) is 0 Å². The number of nitrogens with zero attached hydrogens (tertiary/aromatic N) is 1. The molecular weight excluding hydrogens is 308 g/mol. The zero-order valence-corrected chi connectivity index (χ0v) is 14.0. The standard InChI is InChI=1S/C18H22N2O4/c1-18(2)11-20(8-7-15(18)19)16(21)10-23-13-5-3-12-4-6-17(22)24-14(12)9-13/h3-6,9,15H,7-8,10-11,19H2,1-2H3. The number of benzene rings is 1. The molecule has 1 amide bonds. The van der Waals surface area contributed by atoms with Crippen molar-refractivity contribution in [1.82, 2.24) is 4.90 Å². The third-order valence-corrected chi connectivity index (χ3v) is 4.62. The van der Waals surface area contributed by atoms with Gasteiger partial charge >= 0.3 is 5.63 Å². The summed E-state index contributed by atoms with van der Waals surface area (Å²) in [6.07, 6.45) is 0.792. The monoisotopic (exact) mass is 330 g/mol. The number of likely N-dealkylation sites (tertiary alicyclic amines) is 1. The first-order valence-corrected chi connectivity index (χ1v) is 8.05. The Morgan fingerprint density at radius 2 is 2.12 bits per heavy atom. The van der Waals surface area contributed by atoms with Crippen molar-refractivity contribution in [3.8, 4) is 5.75 Å². The molecule has 2 N–H and O–H groups in total. The summed E-state index contributed by atoms with van der Waals surface area (Å²) in [5.41, 5.74) is 6.03. The molecule has 1 aromatic carbocycles. The molecule has 24 heavy (non-hydrogen) atoms. The lowest BCUT2D eigenvalue weighted by molar-refractivity contribution is -0.136. The largest absolute Gasteiger partial charge is 0.484 e. The maximum absolute atomic E-state index is 12.4. The Morgan fingerprint density at radius 3 is 2.88 bits per heavy atom. The van der Waals surface area contributed by atoms with Crippen LogP contribution in [0.25, 0.3) is 11.0 Å². The quantitative estimate of drug-likeness (QED) is 0.867. The zero-order valence-electron chi connectivity index (χ0n) is 14.0. The summed E-state index contributed by atoms with van der Waals surface area (Å²) in [7, 11) is 0. The van der Waals surface area contributed by atoms with Crippen LogP contribution in [0.3, 0.4) is 0 Å². The molecule has 6 heteroatoms. The van der Waals surface area contributed by atoms with Crippen LogP contribution in [0.2, 0.25) is 0 Å². The number of carbonyl (C=O) groups is 1. The molecule has 0 aliphatic carbocycles. The normalized spacial score (nSPS) is 20.1. The summed E-state index contributed by atoms with van der Waals surface area (Å²) in [6.45, 7) is 5.38. The van der Waals surface area contributed by atoms with Crippen molar-refractivity contribution in [3.05, 3.63) is 40.8 Å². The molecular formula is C18H22N2O4. The molecule has 1 unspecified atom stereocenters. The van der Waals surface area contributed by atoms with Crippen LogP contribution in [0.1, 0.15) is 20.3 Å². The van der Waals surface area contributed by atoms with Crippen molar-refractivity contribution in [3.63, 3.8) is 0 Å². The lowest BCUT2D eigenvalue weighted by Gasteiger charge is -2.42. The Kier molecular flexibility index (Phi) is 4.32. The van der Waals surface area contributed by atoms with E-state index in [9.17, 15) is 9.59 Å². The van der Waals surface area contributed by atoms with Crippen molar-refractivity contribution in [2.24, 2.45) is 11.1 Å². The van der Waals surface area contributed by atoms with E-state index in [4.69, 9.17) is 14.9 Å². The highest BCUT2D eigenvalue weighted by Gasteiger charge is 2.35. The summed E-state index contributed by atoms with van der Waals surface area (Å²) >= 11 is 0. The first-order valence-electron chi connectivity index (χ1n) is 8.05. The zero-order chi connectivity index (χ0) is 17.3. The number of carbonyl (C=O) groups excluding carboxylic acids is 1. The molecule has 1 saturated heterocycles. The van der Waals surface area contributed by atoms with E-state index >= 15 is 0 Å². The van der Waals surface area contributed by atoms with Crippen molar-refractivity contribution in [2.45, 2.75) is 26.3 Å². The first kappa shape index (κ1) is 16.5. The van der Waals surface area contributed by atoms with E-state index in [1.54, 1.807) is 29.2 Å². The summed E-state index contributed by atoms with van der Waals surface area (Å²) in [5, 5.41) is 0.806. The van der Waals surface area contributed by atoms with Crippen LogP contribution in [0.5, 0.6) is 5.75 Å². The number of fused-ring (bicyclic) bond motifs is 1. The Hall–Kier alpha value is -2.34. The molecule has 1 atom stereocenters. The van der Waals surface area contributed by atoms with Crippen molar-refractivity contribution in [2.75, 3.05) is 19.7 Å². The predicted octanol–water partition coefficient (Wildman–Crippen LogP) is 1.76. The van der Waals surface area contributed by atoms with Crippen LogP contribution >= 0.6 is 0 Å². The molecule has 0 saturated carbocycles. The average molecular weight is 330 g/mol. The van der Waals surface area contributed by atoms with Gasteiger partial charge in [0.2, 0.25) is 0 Å². The summed E-state index contributed by atoms with van der Waals surface area (Å²) in [6, 6.07) is 8.34. The Bertz CT molecular complexity index is 812. The maximum atomic E-state index is 12.4. The van der Waals surface area contributed by atoms with E-state index < -0.39 is 5.63 Å². The third-order valence-electron chi connectivity index (χ3n) is 4.62. The molecule has 2 heterocycles. The molecule has 0 bridgehead atoms.